The fourth-order valence-electron chi connectivity index (χ4n) is 1.65. The predicted molar refractivity (Wildman–Crippen MR) is 64.9 cm³/mol. The van der Waals surface area contributed by atoms with Crippen LogP contribution in [0.15, 0.2) is 29.3 Å². The summed E-state index contributed by atoms with van der Waals surface area (Å²) in [6.45, 7) is 2.16. The monoisotopic (exact) mass is 273 g/mol. The molecule has 1 aromatic carbocycles. The van der Waals surface area contributed by atoms with Crippen LogP contribution in [0.1, 0.15) is 12.0 Å². The summed E-state index contributed by atoms with van der Waals surface area (Å²) in [6, 6.07) is 5.75. The Morgan fingerprint density at radius 3 is 2.58 bits per heavy atom. The summed E-state index contributed by atoms with van der Waals surface area (Å²) in [5.41, 5.74) is 0.851. The summed E-state index contributed by atoms with van der Waals surface area (Å²) in [5.74, 6) is 0.506. The topological polar surface area (TPSA) is 45.6 Å². The lowest BCUT2D eigenvalue weighted by molar-refractivity contribution is -0.274. The maximum Gasteiger partial charge on any atom is 0.573 e. The van der Waals surface area contributed by atoms with Gasteiger partial charge in [-0.1, -0.05) is 12.1 Å². The van der Waals surface area contributed by atoms with E-state index in [-0.39, 0.29) is 5.75 Å². The van der Waals surface area contributed by atoms with Gasteiger partial charge in [-0.2, -0.15) is 0 Å². The molecule has 1 heterocycles. The Kier molecular flexibility index (Phi) is 4.13. The zero-order valence-corrected chi connectivity index (χ0v) is 10.1. The van der Waals surface area contributed by atoms with Crippen molar-refractivity contribution in [3.63, 3.8) is 0 Å². The second-order valence-electron chi connectivity index (χ2n) is 4.06. The van der Waals surface area contributed by atoms with Crippen LogP contribution in [-0.2, 0) is 6.54 Å². The first-order valence-electron chi connectivity index (χ1n) is 5.90. The molecule has 0 radical (unpaired) electrons. The normalized spacial score (nSPS) is 15.4. The van der Waals surface area contributed by atoms with E-state index in [1.165, 1.54) is 12.1 Å². The molecular formula is C12H14F3N3O. The van der Waals surface area contributed by atoms with Crippen molar-refractivity contribution in [2.45, 2.75) is 19.3 Å². The molecule has 1 aliphatic heterocycles. The van der Waals surface area contributed by atoms with Gasteiger partial charge in [0.1, 0.15) is 5.75 Å². The van der Waals surface area contributed by atoms with Gasteiger partial charge < -0.3 is 15.4 Å². The molecule has 1 aliphatic rings. The number of hydrogen-bond donors (Lipinski definition) is 2. The number of halogens is 3. The Bertz CT molecular complexity index is 443. The summed E-state index contributed by atoms with van der Waals surface area (Å²) in [5, 5.41) is 6.18. The molecule has 0 spiro atoms. The summed E-state index contributed by atoms with van der Waals surface area (Å²) >= 11 is 0. The van der Waals surface area contributed by atoms with Gasteiger partial charge in [0.05, 0.1) is 0 Å². The number of alkyl halides is 3. The smallest absolute Gasteiger partial charge is 0.406 e. The molecule has 0 saturated carbocycles. The van der Waals surface area contributed by atoms with Crippen molar-refractivity contribution >= 4 is 5.96 Å². The van der Waals surface area contributed by atoms with Gasteiger partial charge in [0.2, 0.25) is 0 Å². The van der Waals surface area contributed by atoms with E-state index in [1.54, 1.807) is 12.1 Å². The maximum atomic E-state index is 12.0. The molecule has 0 aromatic heterocycles. The number of guanidine groups is 1. The molecule has 4 nitrogen and oxygen atoms in total. The summed E-state index contributed by atoms with van der Waals surface area (Å²) in [4.78, 5) is 4.23. The molecule has 2 rings (SSSR count). The SMILES string of the molecule is FC(F)(F)Oc1ccc(CNC2=NCCCN2)cc1. The molecule has 0 amide bonds. The zero-order chi connectivity index (χ0) is 13.7. The minimum Gasteiger partial charge on any atom is -0.406 e. The van der Waals surface area contributed by atoms with Gasteiger partial charge in [0, 0.05) is 19.6 Å². The van der Waals surface area contributed by atoms with Crippen LogP contribution in [0.3, 0.4) is 0 Å². The van der Waals surface area contributed by atoms with E-state index >= 15 is 0 Å². The number of nitrogens with zero attached hydrogens (tertiary/aromatic N) is 1. The Hall–Kier alpha value is -1.92. The standard InChI is InChI=1S/C12H14F3N3O/c13-12(14,15)19-10-4-2-9(3-5-10)8-18-11-16-6-1-7-17-11/h2-5H,1,6-8H2,(H2,16,17,18). The van der Waals surface area contributed by atoms with Crippen LogP contribution in [0, 0.1) is 0 Å². The molecule has 2 N–H and O–H groups in total. The number of nitrogens with one attached hydrogen (secondary N) is 2. The van der Waals surface area contributed by atoms with Gasteiger partial charge in [-0.3, -0.25) is 4.99 Å². The first-order valence-corrected chi connectivity index (χ1v) is 5.90. The fraction of sp³-hybridized carbons (Fsp3) is 0.417. The lowest BCUT2D eigenvalue weighted by atomic mass is 10.2. The van der Waals surface area contributed by atoms with Crippen LogP contribution in [0.5, 0.6) is 5.75 Å². The Labute approximate surface area is 108 Å². The zero-order valence-electron chi connectivity index (χ0n) is 10.1. The van der Waals surface area contributed by atoms with Gasteiger partial charge in [-0.15, -0.1) is 13.2 Å². The molecule has 0 unspecified atom stereocenters. The third-order valence-corrected chi connectivity index (χ3v) is 2.51. The van der Waals surface area contributed by atoms with Gasteiger partial charge in [-0.05, 0) is 24.1 Å². The highest BCUT2D eigenvalue weighted by Crippen LogP contribution is 2.22. The van der Waals surface area contributed by atoms with Gasteiger partial charge in [0.25, 0.3) is 0 Å². The quantitative estimate of drug-likeness (QED) is 0.885. The minimum atomic E-state index is -4.65. The van der Waals surface area contributed by atoms with E-state index in [0.29, 0.717) is 6.54 Å². The van der Waals surface area contributed by atoms with E-state index in [4.69, 9.17) is 0 Å². The highest BCUT2D eigenvalue weighted by molar-refractivity contribution is 5.80. The summed E-state index contributed by atoms with van der Waals surface area (Å²) < 4.78 is 39.7. The highest BCUT2D eigenvalue weighted by Gasteiger charge is 2.30. The average Bonchev–Trinajstić information content (AvgIpc) is 2.37. The Morgan fingerprint density at radius 2 is 2.00 bits per heavy atom. The van der Waals surface area contributed by atoms with Crippen LogP contribution in [0.2, 0.25) is 0 Å². The molecule has 0 bridgehead atoms. The molecule has 1 aromatic rings. The largest absolute Gasteiger partial charge is 0.573 e. The average molecular weight is 273 g/mol. The van der Waals surface area contributed by atoms with E-state index in [9.17, 15) is 13.2 Å². The van der Waals surface area contributed by atoms with Crippen molar-refractivity contribution in [2.75, 3.05) is 13.1 Å². The molecule has 104 valence electrons. The lowest BCUT2D eigenvalue weighted by Crippen LogP contribution is -2.40. The molecule has 0 saturated heterocycles. The molecular weight excluding hydrogens is 259 g/mol. The van der Waals surface area contributed by atoms with E-state index < -0.39 is 6.36 Å². The van der Waals surface area contributed by atoms with Gasteiger partial charge in [-0.25, -0.2) is 0 Å². The second kappa shape index (κ2) is 5.81. The van der Waals surface area contributed by atoms with Crippen molar-refractivity contribution in [1.82, 2.24) is 10.6 Å². The first-order chi connectivity index (χ1) is 9.03. The van der Waals surface area contributed by atoms with Crippen molar-refractivity contribution in [1.29, 1.82) is 0 Å². The number of benzene rings is 1. The summed E-state index contributed by atoms with van der Waals surface area (Å²) in [7, 11) is 0. The highest BCUT2D eigenvalue weighted by atomic mass is 19.4. The Balaban J connectivity index is 1.86. The fourth-order valence-corrected chi connectivity index (χ4v) is 1.65. The molecule has 19 heavy (non-hydrogen) atoms. The third kappa shape index (κ3) is 4.69. The van der Waals surface area contributed by atoms with Gasteiger partial charge >= 0.3 is 6.36 Å². The van der Waals surface area contributed by atoms with E-state index in [1.807, 2.05) is 0 Å². The van der Waals surface area contributed by atoms with Crippen molar-refractivity contribution in [3.05, 3.63) is 29.8 Å². The van der Waals surface area contributed by atoms with E-state index in [0.717, 1.165) is 31.0 Å². The lowest BCUT2D eigenvalue weighted by Gasteiger charge is -2.16. The predicted octanol–water partition coefficient (Wildman–Crippen LogP) is 2.02. The molecule has 0 aliphatic carbocycles. The van der Waals surface area contributed by atoms with Crippen molar-refractivity contribution in [3.8, 4) is 5.75 Å². The number of rotatable bonds is 3. The maximum absolute atomic E-state index is 12.0. The van der Waals surface area contributed by atoms with Crippen molar-refractivity contribution in [2.24, 2.45) is 4.99 Å². The van der Waals surface area contributed by atoms with Crippen LogP contribution < -0.4 is 15.4 Å². The van der Waals surface area contributed by atoms with Crippen molar-refractivity contribution < 1.29 is 17.9 Å². The molecule has 7 heteroatoms. The van der Waals surface area contributed by atoms with E-state index in [2.05, 4.69) is 20.4 Å². The number of aliphatic imine (C=N–C) groups is 1. The van der Waals surface area contributed by atoms with Crippen LogP contribution >= 0.6 is 0 Å². The third-order valence-electron chi connectivity index (χ3n) is 2.51. The van der Waals surface area contributed by atoms with Crippen LogP contribution in [0.25, 0.3) is 0 Å². The second-order valence-corrected chi connectivity index (χ2v) is 4.06. The first kappa shape index (κ1) is 13.5. The Morgan fingerprint density at radius 1 is 1.26 bits per heavy atom. The molecule has 0 fully saturated rings. The van der Waals surface area contributed by atoms with Crippen LogP contribution in [-0.4, -0.2) is 25.4 Å². The summed E-state index contributed by atoms with van der Waals surface area (Å²) in [6.07, 6.45) is -3.64. The van der Waals surface area contributed by atoms with Crippen LogP contribution in [0.4, 0.5) is 13.2 Å². The number of ether oxygens (including phenoxy) is 1. The van der Waals surface area contributed by atoms with Gasteiger partial charge in [0.15, 0.2) is 5.96 Å². The minimum absolute atomic E-state index is 0.218. The number of hydrogen-bond acceptors (Lipinski definition) is 4. The molecule has 0 atom stereocenters.